The summed E-state index contributed by atoms with van der Waals surface area (Å²) < 4.78 is 3.46. The molecular weight excluding hydrogens is 476 g/mol. The molecule has 3 heterocycles. The third-order valence-electron chi connectivity index (χ3n) is 6.02. The Hall–Kier alpha value is -2.73. The molecule has 33 heavy (non-hydrogen) atoms. The van der Waals surface area contributed by atoms with Gasteiger partial charge in [0.1, 0.15) is 5.69 Å². The Morgan fingerprint density at radius 3 is 2.24 bits per heavy atom. The van der Waals surface area contributed by atoms with Gasteiger partial charge in [-0.05, 0) is 31.0 Å². The lowest BCUT2D eigenvalue weighted by Crippen LogP contribution is -2.24. The molecule has 6 heteroatoms. The van der Waals surface area contributed by atoms with E-state index in [1.807, 2.05) is 65.3 Å². The number of unbranched alkanes of at least 4 members (excludes halogenated alkanes) is 7. The first-order valence-corrected chi connectivity index (χ1v) is 13.1. The topological polar surface area (TPSA) is 52.2 Å². The van der Waals surface area contributed by atoms with Crippen LogP contribution in [0.3, 0.4) is 0 Å². The van der Waals surface area contributed by atoms with E-state index in [9.17, 15) is 4.79 Å². The van der Waals surface area contributed by atoms with E-state index in [0.717, 1.165) is 40.5 Å². The third-order valence-corrected chi connectivity index (χ3v) is 6.58. The monoisotopic (exact) mass is 506 g/mol. The molecule has 0 fully saturated rings. The summed E-state index contributed by atoms with van der Waals surface area (Å²) in [6.07, 6.45) is 13.4. The SMILES string of the molecule is O=c1c(-c2c(-c3ccccc3)nn3ccccc23)ccnn1CCCCCCCCCCBr. The van der Waals surface area contributed by atoms with Crippen LogP contribution in [0.1, 0.15) is 51.4 Å². The molecule has 5 nitrogen and oxygen atoms in total. The largest absolute Gasteiger partial charge is 0.274 e. The number of aromatic nitrogens is 4. The molecule has 0 aliphatic heterocycles. The van der Waals surface area contributed by atoms with Gasteiger partial charge in [-0.2, -0.15) is 10.2 Å². The highest BCUT2D eigenvalue weighted by molar-refractivity contribution is 9.09. The Morgan fingerprint density at radius 1 is 0.788 bits per heavy atom. The van der Waals surface area contributed by atoms with Crippen molar-refractivity contribution in [3.05, 3.63) is 77.3 Å². The van der Waals surface area contributed by atoms with Crippen LogP contribution in [0.25, 0.3) is 27.9 Å². The minimum Gasteiger partial charge on any atom is -0.267 e. The summed E-state index contributed by atoms with van der Waals surface area (Å²) in [5.41, 5.74) is 4.20. The normalized spacial score (nSPS) is 11.3. The molecule has 0 atom stereocenters. The van der Waals surface area contributed by atoms with Crippen LogP contribution < -0.4 is 5.56 Å². The fraction of sp³-hybridized carbons (Fsp3) is 0.370. The van der Waals surface area contributed by atoms with Crippen molar-refractivity contribution in [3.8, 4) is 22.4 Å². The molecule has 0 amide bonds. The van der Waals surface area contributed by atoms with E-state index in [1.54, 1.807) is 10.9 Å². The summed E-state index contributed by atoms with van der Waals surface area (Å²) in [5, 5.41) is 10.3. The van der Waals surface area contributed by atoms with E-state index >= 15 is 0 Å². The molecule has 1 aromatic carbocycles. The predicted molar refractivity (Wildman–Crippen MR) is 139 cm³/mol. The first kappa shape index (κ1) is 23.4. The Morgan fingerprint density at radius 2 is 1.48 bits per heavy atom. The Bertz CT molecular complexity index is 1220. The van der Waals surface area contributed by atoms with Gasteiger partial charge in [0, 0.05) is 35.4 Å². The number of benzene rings is 1. The van der Waals surface area contributed by atoms with Crippen LogP contribution >= 0.6 is 15.9 Å². The van der Waals surface area contributed by atoms with E-state index in [4.69, 9.17) is 5.10 Å². The van der Waals surface area contributed by atoms with Crippen LogP contribution in [0.15, 0.2) is 71.8 Å². The third kappa shape index (κ3) is 5.80. The van der Waals surface area contributed by atoms with Gasteiger partial charge >= 0.3 is 0 Å². The lowest BCUT2D eigenvalue weighted by molar-refractivity contribution is 0.505. The van der Waals surface area contributed by atoms with Crippen molar-refractivity contribution in [2.75, 3.05) is 5.33 Å². The van der Waals surface area contributed by atoms with Crippen LogP contribution in [-0.2, 0) is 6.54 Å². The number of pyridine rings is 1. The number of aryl methyl sites for hydroxylation is 1. The highest BCUT2D eigenvalue weighted by Crippen LogP contribution is 2.33. The molecule has 0 saturated heterocycles. The van der Waals surface area contributed by atoms with E-state index in [0.29, 0.717) is 12.1 Å². The fourth-order valence-electron chi connectivity index (χ4n) is 4.28. The molecule has 0 spiro atoms. The summed E-state index contributed by atoms with van der Waals surface area (Å²) >= 11 is 3.49. The van der Waals surface area contributed by atoms with Crippen LogP contribution in [0.4, 0.5) is 0 Å². The minimum atomic E-state index is -0.0526. The van der Waals surface area contributed by atoms with Crippen LogP contribution in [0.5, 0.6) is 0 Å². The van der Waals surface area contributed by atoms with Crippen LogP contribution in [-0.4, -0.2) is 24.7 Å². The number of alkyl halides is 1. The van der Waals surface area contributed by atoms with Crippen molar-refractivity contribution >= 4 is 21.4 Å². The minimum absolute atomic E-state index is 0.0526. The van der Waals surface area contributed by atoms with Crippen molar-refractivity contribution in [1.82, 2.24) is 19.4 Å². The van der Waals surface area contributed by atoms with Gasteiger partial charge < -0.3 is 0 Å². The number of fused-ring (bicyclic) bond motifs is 1. The van der Waals surface area contributed by atoms with E-state index in [2.05, 4.69) is 21.0 Å². The Labute approximate surface area is 203 Å². The van der Waals surface area contributed by atoms with Crippen molar-refractivity contribution in [2.24, 2.45) is 0 Å². The van der Waals surface area contributed by atoms with Gasteiger partial charge in [0.05, 0.1) is 11.1 Å². The quantitative estimate of drug-likeness (QED) is 0.158. The van der Waals surface area contributed by atoms with Gasteiger partial charge in [0.25, 0.3) is 5.56 Å². The van der Waals surface area contributed by atoms with Gasteiger partial charge in [-0.1, -0.05) is 90.9 Å². The molecule has 0 aliphatic carbocycles. The van der Waals surface area contributed by atoms with Crippen molar-refractivity contribution < 1.29 is 0 Å². The van der Waals surface area contributed by atoms with Crippen molar-refractivity contribution in [1.29, 1.82) is 0 Å². The number of nitrogens with zero attached hydrogens (tertiary/aromatic N) is 4. The molecule has 0 N–H and O–H groups in total. The molecule has 4 aromatic rings. The summed E-state index contributed by atoms with van der Waals surface area (Å²) in [6, 6.07) is 17.8. The second kappa shape index (κ2) is 11.9. The van der Waals surface area contributed by atoms with Crippen molar-refractivity contribution in [2.45, 2.75) is 57.9 Å². The van der Waals surface area contributed by atoms with Gasteiger partial charge in [0.15, 0.2) is 0 Å². The summed E-state index contributed by atoms with van der Waals surface area (Å²) in [6.45, 7) is 0.649. The lowest BCUT2D eigenvalue weighted by atomic mass is 10.0. The highest BCUT2D eigenvalue weighted by Gasteiger charge is 2.19. The lowest BCUT2D eigenvalue weighted by Gasteiger charge is -2.08. The maximum absolute atomic E-state index is 13.4. The van der Waals surface area contributed by atoms with E-state index < -0.39 is 0 Å². The average Bonchev–Trinajstić information content (AvgIpc) is 3.24. The molecule has 0 saturated carbocycles. The highest BCUT2D eigenvalue weighted by atomic mass is 79.9. The number of hydrogen-bond donors (Lipinski definition) is 0. The van der Waals surface area contributed by atoms with E-state index in [1.165, 1.54) is 38.5 Å². The summed E-state index contributed by atoms with van der Waals surface area (Å²) in [5.74, 6) is 0. The van der Waals surface area contributed by atoms with Gasteiger partial charge in [-0.25, -0.2) is 9.20 Å². The number of hydrogen-bond acceptors (Lipinski definition) is 3. The molecule has 172 valence electrons. The fourth-order valence-corrected chi connectivity index (χ4v) is 4.68. The maximum Gasteiger partial charge on any atom is 0.274 e. The smallest absolute Gasteiger partial charge is 0.267 e. The molecule has 0 unspecified atom stereocenters. The Balaban J connectivity index is 1.51. The summed E-state index contributed by atoms with van der Waals surface area (Å²) in [4.78, 5) is 13.4. The molecule has 0 bridgehead atoms. The second-order valence-corrected chi connectivity index (χ2v) is 9.20. The van der Waals surface area contributed by atoms with Gasteiger partial charge in [-0.15, -0.1) is 0 Å². The zero-order chi connectivity index (χ0) is 22.9. The van der Waals surface area contributed by atoms with Gasteiger partial charge in [-0.3, -0.25) is 4.79 Å². The predicted octanol–water partition coefficient (Wildman–Crippen LogP) is 6.74. The molecule has 0 radical (unpaired) electrons. The standard InChI is InChI=1S/C27H31BrN4O/c28-18-11-5-3-1-2-4-6-12-21-32-27(33)23(17-19-29-32)25-24-16-10-13-20-31(24)30-26(25)22-14-8-7-9-15-22/h7-10,13-17,19-20H,1-6,11-12,18,21H2. The molecule has 4 rings (SSSR count). The summed E-state index contributed by atoms with van der Waals surface area (Å²) in [7, 11) is 0. The van der Waals surface area contributed by atoms with E-state index in [-0.39, 0.29) is 5.56 Å². The first-order chi connectivity index (χ1) is 16.3. The second-order valence-electron chi connectivity index (χ2n) is 8.41. The molecular formula is C27H31BrN4O. The zero-order valence-electron chi connectivity index (χ0n) is 19.0. The Kier molecular flexibility index (Phi) is 8.47. The van der Waals surface area contributed by atoms with Crippen LogP contribution in [0, 0.1) is 0 Å². The average molecular weight is 507 g/mol. The maximum atomic E-state index is 13.4. The first-order valence-electron chi connectivity index (χ1n) is 11.9. The molecule has 3 aromatic heterocycles. The van der Waals surface area contributed by atoms with Crippen molar-refractivity contribution in [3.63, 3.8) is 0 Å². The molecule has 0 aliphatic rings. The number of halogens is 1. The zero-order valence-corrected chi connectivity index (χ0v) is 20.6. The van der Waals surface area contributed by atoms with Crippen LogP contribution in [0.2, 0.25) is 0 Å². The number of rotatable bonds is 12. The van der Waals surface area contributed by atoms with Gasteiger partial charge in [0.2, 0.25) is 0 Å².